The molecule has 0 aliphatic carbocycles. The van der Waals surface area contributed by atoms with Gasteiger partial charge in [-0.25, -0.2) is 9.37 Å². The third kappa shape index (κ3) is 2.42. The summed E-state index contributed by atoms with van der Waals surface area (Å²) in [6.45, 7) is 4.64. The molecule has 1 fully saturated rings. The minimum Gasteiger partial charge on any atom is -0.344 e. The van der Waals surface area contributed by atoms with Gasteiger partial charge in [0.2, 0.25) is 0 Å². The van der Waals surface area contributed by atoms with Crippen LogP contribution in [0.4, 0.5) is 4.39 Å². The zero-order valence-electron chi connectivity index (χ0n) is 14.5. The highest BCUT2D eigenvalue weighted by atomic mass is 19.1. The minimum absolute atomic E-state index is 0.0292. The maximum absolute atomic E-state index is 13.9. The summed E-state index contributed by atoms with van der Waals surface area (Å²) in [7, 11) is 1.91. The predicted molar refractivity (Wildman–Crippen MR) is 91.7 cm³/mol. The van der Waals surface area contributed by atoms with E-state index in [0.29, 0.717) is 23.1 Å². The molecule has 1 aliphatic heterocycles. The molecule has 25 heavy (non-hydrogen) atoms. The van der Waals surface area contributed by atoms with E-state index in [1.807, 2.05) is 30.5 Å². The van der Waals surface area contributed by atoms with Gasteiger partial charge in [-0.1, -0.05) is 0 Å². The molecule has 1 unspecified atom stereocenters. The SMILES string of the molecule is Cc1nn(C)c(C)c1C1CCCN1C(=O)c1cc(F)cc2[nH]cnc12. The number of aryl methyl sites for hydroxylation is 2. The van der Waals surface area contributed by atoms with Gasteiger partial charge in [0.05, 0.1) is 29.1 Å². The van der Waals surface area contributed by atoms with E-state index in [-0.39, 0.29) is 11.9 Å². The van der Waals surface area contributed by atoms with Crippen molar-refractivity contribution >= 4 is 16.9 Å². The Balaban J connectivity index is 1.77. The molecule has 7 heteroatoms. The van der Waals surface area contributed by atoms with E-state index < -0.39 is 5.82 Å². The minimum atomic E-state index is -0.440. The molecule has 0 saturated carbocycles. The van der Waals surface area contributed by atoms with E-state index in [1.165, 1.54) is 18.5 Å². The third-order valence-corrected chi connectivity index (χ3v) is 5.13. The third-order valence-electron chi connectivity index (χ3n) is 5.13. The Kier molecular flexibility index (Phi) is 3.59. The van der Waals surface area contributed by atoms with Gasteiger partial charge < -0.3 is 9.88 Å². The lowest BCUT2D eigenvalue weighted by Crippen LogP contribution is -2.31. The molecule has 3 heterocycles. The zero-order chi connectivity index (χ0) is 17.7. The first-order chi connectivity index (χ1) is 12.0. The summed E-state index contributed by atoms with van der Waals surface area (Å²) in [4.78, 5) is 22.1. The van der Waals surface area contributed by atoms with E-state index in [0.717, 1.165) is 29.8 Å². The van der Waals surface area contributed by atoms with Crippen molar-refractivity contribution in [2.24, 2.45) is 7.05 Å². The molecular formula is C18H20FN5O. The molecule has 1 N–H and O–H groups in total. The van der Waals surface area contributed by atoms with Gasteiger partial charge in [0, 0.05) is 24.8 Å². The number of nitrogens with one attached hydrogen (secondary N) is 1. The molecule has 2 aromatic heterocycles. The van der Waals surface area contributed by atoms with Crippen LogP contribution in [-0.4, -0.2) is 37.1 Å². The number of aromatic nitrogens is 4. The van der Waals surface area contributed by atoms with Crippen LogP contribution in [0.2, 0.25) is 0 Å². The number of nitrogens with zero attached hydrogens (tertiary/aromatic N) is 4. The van der Waals surface area contributed by atoms with Crippen LogP contribution in [-0.2, 0) is 7.05 Å². The van der Waals surface area contributed by atoms with Gasteiger partial charge in [-0.15, -0.1) is 0 Å². The average Bonchev–Trinajstić information content (AvgIpc) is 3.26. The number of benzene rings is 1. The van der Waals surface area contributed by atoms with Crippen molar-refractivity contribution in [2.75, 3.05) is 6.54 Å². The van der Waals surface area contributed by atoms with Crippen molar-refractivity contribution in [1.29, 1.82) is 0 Å². The molecule has 1 atom stereocenters. The Morgan fingerprint density at radius 1 is 1.36 bits per heavy atom. The lowest BCUT2D eigenvalue weighted by Gasteiger charge is -2.25. The second-order valence-corrected chi connectivity index (χ2v) is 6.62. The van der Waals surface area contributed by atoms with Crippen molar-refractivity contribution in [3.63, 3.8) is 0 Å². The quantitative estimate of drug-likeness (QED) is 0.779. The molecule has 130 valence electrons. The Bertz CT molecular complexity index is 973. The summed E-state index contributed by atoms with van der Waals surface area (Å²) >= 11 is 0. The standard InChI is InChI=1S/C18H20FN5O/c1-10-16(11(2)23(3)22-10)15-5-4-6-24(15)18(25)13-7-12(19)8-14-17(13)21-9-20-14/h7-9,15H,4-6H2,1-3H3,(H,20,21). The van der Waals surface area contributed by atoms with Gasteiger partial charge in [0.1, 0.15) is 11.3 Å². The van der Waals surface area contributed by atoms with Crippen LogP contribution < -0.4 is 0 Å². The summed E-state index contributed by atoms with van der Waals surface area (Å²) in [6, 6.07) is 2.61. The predicted octanol–water partition coefficient (Wildman–Crippen LogP) is 3.03. The lowest BCUT2D eigenvalue weighted by molar-refractivity contribution is 0.0736. The normalized spacial score (nSPS) is 17.6. The Morgan fingerprint density at radius 2 is 2.16 bits per heavy atom. The molecule has 4 rings (SSSR count). The van der Waals surface area contributed by atoms with E-state index in [1.54, 1.807) is 0 Å². The molecule has 0 bridgehead atoms. The largest absolute Gasteiger partial charge is 0.344 e. The van der Waals surface area contributed by atoms with E-state index in [2.05, 4.69) is 15.1 Å². The lowest BCUT2D eigenvalue weighted by atomic mass is 10.0. The first kappa shape index (κ1) is 15.8. The number of hydrogen-bond donors (Lipinski definition) is 1. The fraction of sp³-hybridized carbons (Fsp3) is 0.389. The van der Waals surface area contributed by atoms with Crippen LogP contribution in [0.5, 0.6) is 0 Å². The molecule has 1 aliphatic rings. The number of imidazole rings is 1. The Hall–Kier alpha value is -2.70. The fourth-order valence-electron chi connectivity index (χ4n) is 3.91. The van der Waals surface area contributed by atoms with E-state index >= 15 is 0 Å². The van der Waals surface area contributed by atoms with Crippen molar-refractivity contribution in [3.05, 3.63) is 46.8 Å². The number of carbonyl (C=O) groups is 1. The topological polar surface area (TPSA) is 66.8 Å². The molecule has 0 radical (unpaired) electrons. The maximum atomic E-state index is 13.9. The van der Waals surface area contributed by atoms with Gasteiger partial charge in [-0.05, 0) is 38.8 Å². The number of halogens is 1. The summed E-state index contributed by atoms with van der Waals surface area (Å²) in [5.74, 6) is -0.619. The van der Waals surface area contributed by atoms with Crippen molar-refractivity contribution in [3.8, 4) is 0 Å². The smallest absolute Gasteiger partial charge is 0.256 e. The molecule has 1 aromatic carbocycles. The number of H-pyrrole nitrogens is 1. The first-order valence-corrected chi connectivity index (χ1v) is 8.41. The average molecular weight is 341 g/mol. The number of aromatic amines is 1. The molecule has 1 amide bonds. The van der Waals surface area contributed by atoms with Gasteiger partial charge in [0.15, 0.2) is 0 Å². The van der Waals surface area contributed by atoms with Crippen molar-refractivity contribution < 1.29 is 9.18 Å². The fourth-order valence-corrected chi connectivity index (χ4v) is 3.91. The van der Waals surface area contributed by atoms with Crippen LogP contribution >= 0.6 is 0 Å². The number of carbonyl (C=O) groups excluding carboxylic acids is 1. The second-order valence-electron chi connectivity index (χ2n) is 6.62. The monoisotopic (exact) mass is 341 g/mol. The summed E-state index contributed by atoms with van der Waals surface area (Å²) in [6.07, 6.45) is 3.29. The Labute approximate surface area is 144 Å². The summed E-state index contributed by atoms with van der Waals surface area (Å²) in [5.41, 5.74) is 4.45. The van der Waals surface area contributed by atoms with Gasteiger partial charge in [0.25, 0.3) is 5.91 Å². The summed E-state index contributed by atoms with van der Waals surface area (Å²) in [5, 5.41) is 4.48. The Morgan fingerprint density at radius 3 is 2.88 bits per heavy atom. The zero-order valence-corrected chi connectivity index (χ0v) is 14.5. The van der Waals surface area contributed by atoms with Crippen LogP contribution in [0.15, 0.2) is 18.5 Å². The highest BCUT2D eigenvalue weighted by Crippen LogP contribution is 2.37. The molecule has 0 spiro atoms. The molecule has 1 saturated heterocycles. The van der Waals surface area contributed by atoms with E-state index in [9.17, 15) is 9.18 Å². The van der Waals surface area contributed by atoms with Crippen LogP contribution in [0.3, 0.4) is 0 Å². The number of fused-ring (bicyclic) bond motifs is 1. The van der Waals surface area contributed by atoms with Gasteiger partial charge in [-0.3, -0.25) is 9.48 Å². The van der Waals surface area contributed by atoms with Crippen molar-refractivity contribution in [2.45, 2.75) is 32.7 Å². The van der Waals surface area contributed by atoms with Crippen molar-refractivity contribution in [1.82, 2.24) is 24.6 Å². The number of hydrogen-bond acceptors (Lipinski definition) is 3. The van der Waals surface area contributed by atoms with Gasteiger partial charge in [-0.2, -0.15) is 5.10 Å². The van der Waals surface area contributed by atoms with Gasteiger partial charge >= 0.3 is 0 Å². The first-order valence-electron chi connectivity index (χ1n) is 8.41. The maximum Gasteiger partial charge on any atom is 0.256 e. The second kappa shape index (κ2) is 5.68. The highest BCUT2D eigenvalue weighted by molar-refractivity contribution is 6.05. The molecular weight excluding hydrogens is 321 g/mol. The molecule has 6 nitrogen and oxygen atoms in total. The number of likely N-dealkylation sites (tertiary alicyclic amines) is 1. The highest BCUT2D eigenvalue weighted by Gasteiger charge is 2.34. The van der Waals surface area contributed by atoms with E-state index in [4.69, 9.17) is 0 Å². The summed E-state index contributed by atoms with van der Waals surface area (Å²) < 4.78 is 15.8. The number of amides is 1. The molecule has 3 aromatic rings. The number of rotatable bonds is 2. The van der Waals surface area contributed by atoms with Crippen LogP contribution in [0.1, 0.15) is 46.2 Å². The van der Waals surface area contributed by atoms with Crippen LogP contribution in [0.25, 0.3) is 11.0 Å². The van der Waals surface area contributed by atoms with Crippen LogP contribution in [0, 0.1) is 19.7 Å².